The van der Waals surface area contributed by atoms with Crippen LogP contribution in [0.3, 0.4) is 0 Å². The fourth-order valence-corrected chi connectivity index (χ4v) is 3.31. The Bertz CT molecular complexity index is 371. The smallest absolute Gasteiger partial charge is 0.0795 e. The minimum absolute atomic E-state index is 0.254. The molecule has 2 atom stereocenters. The lowest BCUT2D eigenvalue weighted by Crippen LogP contribution is -2.39. The Balaban J connectivity index is 2.14. The molecule has 1 aromatic heterocycles. The average molecular weight is 265 g/mol. The van der Waals surface area contributed by atoms with Crippen molar-refractivity contribution in [3.63, 3.8) is 0 Å². The van der Waals surface area contributed by atoms with Gasteiger partial charge in [-0.05, 0) is 25.3 Å². The van der Waals surface area contributed by atoms with Crippen LogP contribution >= 0.6 is 0 Å². The average Bonchev–Trinajstić information content (AvgIpc) is 2.86. The van der Waals surface area contributed by atoms with E-state index >= 15 is 0 Å². The van der Waals surface area contributed by atoms with E-state index in [9.17, 15) is 0 Å². The minimum atomic E-state index is 0.254. The standard InChI is InChI=1S/C15H27N3O/c1-4-16-14(13-10-17-18(2)11-13)15(19-3)12-8-6-5-7-9-12/h10-12,14-16H,4-9H2,1-3H3. The highest BCUT2D eigenvalue weighted by Crippen LogP contribution is 2.33. The Labute approximate surface area is 116 Å². The Hall–Kier alpha value is -0.870. The molecule has 1 aliphatic rings. The highest BCUT2D eigenvalue weighted by molar-refractivity contribution is 5.13. The summed E-state index contributed by atoms with van der Waals surface area (Å²) in [7, 11) is 3.81. The number of ether oxygens (including phenoxy) is 1. The van der Waals surface area contributed by atoms with Gasteiger partial charge in [0.2, 0.25) is 0 Å². The third-order valence-electron chi connectivity index (χ3n) is 4.22. The van der Waals surface area contributed by atoms with Crippen molar-refractivity contribution >= 4 is 0 Å². The van der Waals surface area contributed by atoms with Crippen LogP contribution < -0.4 is 5.32 Å². The number of methoxy groups -OCH3 is 1. The van der Waals surface area contributed by atoms with Crippen molar-refractivity contribution < 1.29 is 4.74 Å². The van der Waals surface area contributed by atoms with Crippen LogP contribution in [0.25, 0.3) is 0 Å². The first-order valence-corrected chi connectivity index (χ1v) is 7.51. The number of nitrogens with one attached hydrogen (secondary N) is 1. The highest BCUT2D eigenvalue weighted by Gasteiger charge is 2.31. The Morgan fingerprint density at radius 2 is 2.16 bits per heavy atom. The van der Waals surface area contributed by atoms with Crippen LogP contribution in [0.2, 0.25) is 0 Å². The van der Waals surface area contributed by atoms with E-state index in [0.717, 1.165) is 6.54 Å². The topological polar surface area (TPSA) is 39.1 Å². The summed E-state index contributed by atoms with van der Waals surface area (Å²) in [4.78, 5) is 0. The molecule has 4 heteroatoms. The molecule has 19 heavy (non-hydrogen) atoms. The van der Waals surface area contributed by atoms with E-state index in [1.807, 2.05) is 25.0 Å². The molecule has 0 aromatic carbocycles. The zero-order chi connectivity index (χ0) is 13.7. The van der Waals surface area contributed by atoms with Crippen molar-refractivity contribution in [3.05, 3.63) is 18.0 Å². The first kappa shape index (κ1) is 14.5. The second kappa shape index (κ2) is 7.06. The number of hydrogen-bond donors (Lipinski definition) is 1. The summed E-state index contributed by atoms with van der Waals surface area (Å²) < 4.78 is 7.74. The van der Waals surface area contributed by atoms with Crippen LogP contribution in [0.15, 0.2) is 12.4 Å². The van der Waals surface area contributed by atoms with E-state index in [2.05, 4.69) is 23.5 Å². The van der Waals surface area contributed by atoms with Crippen molar-refractivity contribution in [3.8, 4) is 0 Å². The molecule has 0 aliphatic heterocycles. The molecule has 0 bridgehead atoms. The Morgan fingerprint density at radius 3 is 2.68 bits per heavy atom. The first-order valence-electron chi connectivity index (χ1n) is 7.51. The second-order valence-electron chi connectivity index (χ2n) is 5.58. The molecule has 0 spiro atoms. The van der Waals surface area contributed by atoms with Crippen molar-refractivity contribution in [1.82, 2.24) is 15.1 Å². The zero-order valence-corrected chi connectivity index (χ0v) is 12.4. The van der Waals surface area contributed by atoms with Gasteiger partial charge >= 0.3 is 0 Å². The summed E-state index contributed by atoms with van der Waals surface area (Å²) in [6.07, 6.45) is 11.0. The lowest BCUT2D eigenvalue weighted by Gasteiger charge is -2.35. The van der Waals surface area contributed by atoms with E-state index < -0.39 is 0 Å². The molecule has 108 valence electrons. The van der Waals surface area contributed by atoms with Crippen molar-refractivity contribution in [1.29, 1.82) is 0 Å². The molecule has 1 heterocycles. The number of nitrogens with zero attached hydrogens (tertiary/aromatic N) is 2. The van der Waals surface area contributed by atoms with E-state index in [1.54, 1.807) is 0 Å². The van der Waals surface area contributed by atoms with E-state index in [-0.39, 0.29) is 12.1 Å². The monoisotopic (exact) mass is 265 g/mol. The number of aromatic nitrogens is 2. The molecule has 4 nitrogen and oxygen atoms in total. The number of hydrogen-bond acceptors (Lipinski definition) is 3. The van der Waals surface area contributed by atoms with Gasteiger partial charge in [-0.15, -0.1) is 0 Å². The van der Waals surface area contributed by atoms with E-state index in [0.29, 0.717) is 5.92 Å². The Kier molecular flexibility index (Phi) is 5.40. The number of likely N-dealkylation sites (N-methyl/N-ethyl adjacent to an activating group) is 1. The molecule has 1 aromatic rings. The summed E-state index contributed by atoms with van der Waals surface area (Å²) in [5.74, 6) is 0.669. The summed E-state index contributed by atoms with van der Waals surface area (Å²) in [6.45, 7) is 3.10. The summed E-state index contributed by atoms with van der Waals surface area (Å²) in [5, 5.41) is 7.88. The van der Waals surface area contributed by atoms with Gasteiger partial charge < -0.3 is 10.1 Å². The maximum absolute atomic E-state index is 5.87. The zero-order valence-electron chi connectivity index (χ0n) is 12.4. The van der Waals surface area contributed by atoms with Crippen LogP contribution in [0.1, 0.15) is 50.6 Å². The SMILES string of the molecule is CCNC(c1cnn(C)c1)C(OC)C1CCCCC1. The molecule has 1 aliphatic carbocycles. The normalized spacial score (nSPS) is 20.4. The fraction of sp³-hybridized carbons (Fsp3) is 0.800. The molecule has 1 N–H and O–H groups in total. The van der Waals surface area contributed by atoms with Gasteiger partial charge in [-0.25, -0.2) is 0 Å². The lowest BCUT2D eigenvalue weighted by molar-refractivity contribution is 0.00790. The first-order chi connectivity index (χ1) is 9.26. The van der Waals surface area contributed by atoms with Gasteiger partial charge in [0.15, 0.2) is 0 Å². The third kappa shape index (κ3) is 3.57. The largest absolute Gasteiger partial charge is 0.379 e. The minimum Gasteiger partial charge on any atom is -0.379 e. The van der Waals surface area contributed by atoms with Crippen molar-refractivity contribution in [2.24, 2.45) is 13.0 Å². The van der Waals surface area contributed by atoms with Crippen molar-refractivity contribution in [2.45, 2.75) is 51.2 Å². The van der Waals surface area contributed by atoms with Crippen LogP contribution in [0, 0.1) is 5.92 Å². The summed E-state index contributed by atoms with van der Waals surface area (Å²) in [5.41, 5.74) is 1.24. The van der Waals surface area contributed by atoms with E-state index in [4.69, 9.17) is 4.74 Å². The Morgan fingerprint density at radius 1 is 1.42 bits per heavy atom. The predicted molar refractivity (Wildman–Crippen MR) is 77.0 cm³/mol. The molecule has 0 amide bonds. The van der Waals surface area contributed by atoms with Crippen LogP contribution in [0.5, 0.6) is 0 Å². The summed E-state index contributed by atoms with van der Waals surface area (Å²) in [6, 6.07) is 0.256. The highest BCUT2D eigenvalue weighted by atomic mass is 16.5. The van der Waals surface area contributed by atoms with Gasteiger partial charge in [0.05, 0.1) is 18.3 Å². The third-order valence-corrected chi connectivity index (χ3v) is 4.22. The van der Waals surface area contributed by atoms with E-state index in [1.165, 1.54) is 37.7 Å². The van der Waals surface area contributed by atoms with Crippen molar-refractivity contribution in [2.75, 3.05) is 13.7 Å². The number of aryl methyl sites for hydroxylation is 1. The van der Waals surface area contributed by atoms with Gasteiger partial charge in [0, 0.05) is 25.9 Å². The van der Waals surface area contributed by atoms with Gasteiger partial charge in [-0.3, -0.25) is 4.68 Å². The van der Waals surface area contributed by atoms with Crippen LogP contribution in [0.4, 0.5) is 0 Å². The van der Waals surface area contributed by atoms with Crippen LogP contribution in [-0.2, 0) is 11.8 Å². The quantitative estimate of drug-likeness (QED) is 0.859. The molecule has 0 saturated heterocycles. The van der Waals surface area contributed by atoms with Gasteiger partial charge in [-0.2, -0.15) is 5.10 Å². The molecular weight excluding hydrogens is 238 g/mol. The number of rotatable bonds is 6. The lowest BCUT2D eigenvalue weighted by atomic mass is 9.81. The molecular formula is C15H27N3O. The second-order valence-corrected chi connectivity index (χ2v) is 5.58. The van der Waals surface area contributed by atoms with Crippen LogP contribution in [-0.4, -0.2) is 29.5 Å². The molecule has 0 radical (unpaired) electrons. The predicted octanol–water partition coefficient (Wildman–Crippen LogP) is 2.67. The fourth-order valence-electron chi connectivity index (χ4n) is 3.31. The molecule has 2 rings (SSSR count). The van der Waals surface area contributed by atoms with Gasteiger partial charge in [-0.1, -0.05) is 26.2 Å². The molecule has 1 saturated carbocycles. The molecule has 2 unspecified atom stereocenters. The van der Waals surface area contributed by atoms with Gasteiger partial charge in [0.1, 0.15) is 0 Å². The maximum Gasteiger partial charge on any atom is 0.0795 e. The summed E-state index contributed by atoms with van der Waals surface area (Å²) >= 11 is 0. The maximum atomic E-state index is 5.87. The molecule has 1 fully saturated rings. The van der Waals surface area contributed by atoms with Gasteiger partial charge in [0.25, 0.3) is 0 Å².